The molecule has 1 aliphatic rings. The van der Waals surface area contributed by atoms with Crippen molar-refractivity contribution >= 4 is 0 Å². The minimum absolute atomic E-state index is 0.413. The summed E-state index contributed by atoms with van der Waals surface area (Å²) < 4.78 is 5.57. The Balaban J connectivity index is 2.65. The van der Waals surface area contributed by atoms with E-state index >= 15 is 0 Å². The fourth-order valence-electron chi connectivity index (χ4n) is 3.28. The van der Waals surface area contributed by atoms with Gasteiger partial charge in [0.2, 0.25) is 0 Å². The summed E-state index contributed by atoms with van der Waals surface area (Å²) in [5, 5.41) is 3.41. The number of nitrogens with zero attached hydrogens (tertiary/aromatic N) is 1. The maximum absolute atomic E-state index is 5.57. The standard InChI is InChI=1S/C16H34N2O/c1-14(2)10-18(11-15(3)4)13-16(12-17-5)6-8-19-9-7-16/h14-15,17H,6-13H2,1-5H3. The van der Waals surface area contributed by atoms with Crippen LogP contribution in [0.15, 0.2) is 0 Å². The van der Waals surface area contributed by atoms with E-state index in [9.17, 15) is 0 Å². The van der Waals surface area contributed by atoms with Crippen LogP contribution in [0.4, 0.5) is 0 Å². The van der Waals surface area contributed by atoms with Crippen LogP contribution < -0.4 is 5.32 Å². The average Bonchev–Trinajstić information content (AvgIpc) is 2.28. The van der Waals surface area contributed by atoms with Gasteiger partial charge in [0.05, 0.1) is 0 Å². The van der Waals surface area contributed by atoms with Crippen LogP contribution in [0.2, 0.25) is 0 Å². The van der Waals surface area contributed by atoms with E-state index in [1.54, 1.807) is 0 Å². The highest BCUT2D eigenvalue weighted by atomic mass is 16.5. The highest BCUT2D eigenvalue weighted by molar-refractivity contribution is 4.87. The summed E-state index contributed by atoms with van der Waals surface area (Å²) in [6.07, 6.45) is 2.39. The molecule has 1 fully saturated rings. The van der Waals surface area contributed by atoms with Crippen molar-refractivity contribution in [2.24, 2.45) is 17.3 Å². The molecule has 1 rings (SSSR count). The lowest BCUT2D eigenvalue weighted by atomic mass is 9.79. The Morgan fingerprint density at radius 3 is 2.00 bits per heavy atom. The molecule has 0 atom stereocenters. The Morgan fingerprint density at radius 2 is 1.58 bits per heavy atom. The Morgan fingerprint density at radius 1 is 1.05 bits per heavy atom. The Hall–Kier alpha value is -0.120. The summed E-state index contributed by atoms with van der Waals surface area (Å²) in [5.74, 6) is 1.48. The first-order valence-corrected chi connectivity index (χ1v) is 7.92. The zero-order valence-corrected chi connectivity index (χ0v) is 13.7. The number of rotatable bonds is 8. The number of hydrogen-bond acceptors (Lipinski definition) is 3. The topological polar surface area (TPSA) is 24.5 Å². The van der Waals surface area contributed by atoms with Crippen molar-refractivity contribution in [2.75, 3.05) is 46.4 Å². The van der Waals surface area contributed by atoms with Gasteiger partial charge < -0.3 is 15.0 Å². The molecule has 0 bridgehead atoms. The fourth-order valence-corrected chi connectivity index (χ4v) is 3.28. The van der Waals surface area contributed by atoms with Gasteiger partial charge in [-0.25, -0.2) is 0 Å². The van der Waals surface area contributed by atoms with E-state index in [2.05, 4.69) is 45.0 Å². The van der Waals surface area contributed by atoms with Crippen LogP contribution in [0, 0.1) is 17.3 Å². The smallest absolute Gasteiger partial charge is 0.0472 e. The molecule has 1 aliphatic heterocycles. The molecule has 3 heteroatoms. The predicted molar refractivity (Wildman–Crippen MR) is 82.5 cm³/mol. The minimum atomic E-state index is 0.413. The van der Waals surface area contributed by atoms with Crippen molar-refractivity contribution in [3.63, 3.8) is 0 Å². The highest BCUT2D eigenvalue weighted by Crippen LogP contribution is 2.31. The van der Waals surface area contributed by atoms with Crippen LogP contribution in [-0.4, -0.2) is 51.3 Å². The largest absolute Gasteiger partial charge is 0.381 e. The first-order valence-electron chi connectivity index (χ1n) is 7.92. The van der Waals surface area contributed by atoms with E-state index in [0.717, 1.165) is 31.6 Å². The molecule has 0 saturated carbocycles. The van der Waals surface area contributed by atoms with Gasteiger partial charge in [-0.15, -0.1) is 0 Å². The zero-order chi connectivity index (χ0) is 14.3. The maximum atomic E-state index is 5.57. The molecule has 0 radical (unpaired) electrons. The monoisotopic (exact) mass is 270 g/mol. The molecule has 0 spiro atoms. The van der Waals surface area contributed by atoms with Crippen molar-refractivity contribution in [3.8, 4) is 0 Å². The van der Waals surface area contributed by atoms with Crippen LogP contribution >= 0.6 is 0 Å². The molecule has 19 heavy (non-hydrogen) atoms. The van der Waals surface area contributed by atoms with Crippen molar-refractivity contribution in [1.82, 2.24) is 10.2 Å². The second kappa shape index (κ2) is 8.23. The Labute approximate surface area is 120 Å². The van der Waals surface area contributed by atoms with Crippen LogP contribution in [0.5, 0.6) is 0 Å². The molecule has 0 aromatic rings. The van der Waals surface area contributed by atoms with Crippen LogP contribution in [-0.2, 0) is 4.74 Å². The first-order chi connectivity index (χ1) is 8.97. The zero-order valence-electron chi connectivity index (χ0n) is 13.7. The molecule has 1 heterocycles. The van der Waals surface area contributed by atoms with Gasteiger partial charge in [-0.2, -0.15) is 0 Å². The van der Waals surface area contributed by atoms with Gasteiger partial charge in [-0.05, 0) is 37.1 Å². The van der Waals surface area contributed by atoms with Crippen LogP contribution in [0.25, 0.3) is 0 Å². The summed E-state index contributed by atoms with van der Waals surface area (Å²) >= 11 is 0. The second-order valence-electron chi connectivity index (χ2n) is 7.12. The van der Waals surface area contributed by atoms with Crippen LogP contribution in [0.3, 0.4) is 0 Å². The van der Waals surface area contributed by atoms with E-state index in [-0.39, 0.29) is 0 Å². The molecular weight excluding hydrogens is 236 g/mol. The van der Waals surface area contributed by atoms with E-state index in [0.29, 0.717) is 5.41 Å². The van der Waals surface area contributed by atoms with Gasteiger partial charge in [0, 0.05) is 39.4 Å². The van der Waals surface area contributed by atoms with E-state index in [1.807, 2.05) is 0 Å². The normalized spacial score (nSPS) is 19.6. The number of nitrogens with one attached hydrogen (secondary N) is 1. The molecule has 1 saturated heterocycles. The highest BCUT2D eigenvalue weighted by Gasteiger charge is 2.34. The lowest BCUT2D eigenvalue weighted by molar-refractivity contribution is -0.00691. The van der Waals surface area contributed by atoms with Crippen LogP contribution in [0.1, 0.15) is 40.5 Å². The SMILES string of the molecule is CNCC1(CN(CC(C)C)CC(C)C)CCOCC1. The third-order valence-electron chi connectivity index (χ3n) is 3.91. The van der Waals surface area contributed by atoms with Crippen molar-refractivity contribution < 1.29 is 4.74 Å². The Kier molecular flexibility index (Phi) is 7.33. The van der Waals surface area contributed by atoms with Gasteiger partial charge in [-0.1, -0.05) is 27.7 Å². The summed E-state index contributed by atoms with van der Waals surface area (Å²) in [7, 11) is 2.08. The van der Waals surface area contributed by atoms with Crippen molar-refractivity contribution in [3.05, 3.63) is 0 Å². The van der Waals surface area contributed by atoms with Gasteiger partial charge >= 0.3 is 0 Å². The molecule has 0 unspecified atom stereocenters. The molecule has 0 amide bonds. The fraction of sp³-hybridized carbons (Fsp3) is 1.00. The lowest BCUT2D eigenvalue weighted by Crippen LogP contribution is -2.48. The molecule has 0 aliphatic carbocycles. The molecule has 0 aromatic heterocycles. The van der Waals surface area contributed by atoms with Gasteiger partial charge in [0.1, 0.15) is 0 Å². The molecule has 1 N–H and O–H groups in total. The second-order valence-corrected chi connectivity index (χ2v) is 7.12. The molecule has 0 aromatic carbocycles. The summed E-state index contributed by atoms with van der Waals surface area (Å²) in [4.78, 5) is 2.68. The first kappa shape index (κ1) is 16.9. The maximum Gasteiger partial charge on any atom is 0.0472 e. The predicted octanol–water partition coefficient (Wildman–Crippen LogP) is 2.62. The third kappa shape index (κ3) is 6.24. The quantitative estimate of drug-likeness (QED) is 0.734. The molecular formula is C16H34N2O. The summed E-state index contributed by atoms with van der Waals surface area (Å²) in [6, 6.07) is 0. The van der Waals surface area contributed by atoms with Crippen molar-refractivity contribution in [1.29, 1.82) is 0 Å². The number of ether oxygens (including phenoxy) is 1. The van der Waals surface area contributed by atoms with Gasteiger partial charge in [-0.3, -0.25) is 0 Å². The van der Waals surface area contributed by atoms with E-state index < -0.39 is 0 Å². The number of hydrogen-bond donors (Lipinski definition) is 1. The van der Waals surface area contributed by atoms with Gasteiger partial charge in [0.25, 0.3) is 0 Å². The summed E-state index contributed by atoms with van der Waals surface area (Å²) in [5.41, 5.74) is 0.413. The van der Waals surface area contributed by atoms with E-state index in [4.69, 9.17) is 4.74 Å². The molecule has 114 valence electrons. The van der Waals surface area contributed by atoms with Crippen molar-refractivity contribution in [2.45, 2.75) is 40.5 Å². The van der Waals surface area contributed by atoms with E-state index in [1.165, 1.54) is 32.5 Å². The Bertz CT molecular complexity index is 219. The van der Waals surface area contributed by atoms with Gasteiger partial charge in [0.15, 0.2) is 0 Å². The lowest BCUT2D eigenvalue weighted by Gasteiger charge is -2.42. The minimum Gasteiger partial charge on any atom is -0.381 e. The summed E-state index contributed by atoms with van der Waals surface area (Å²) in [6.45, 7) is 15.9. The average molecular weight is 270 g/mol. The molecule has 3 nitrogen and oxygen atoms in total. The third-order valence-corrected chi connectivity index (χ3v) is 3.91.